The molecule has 1 amide bonds. The second kappa shape index (κ2) is 4.07. The van der Waals surface area contributed by atoms with Crippen LogP contribution >= 0.6 is 0 Å². The molecule has 0 aliphatic carbocycles. The molecule has 2 aliphatic rings. The Bertz CT molecular complexity index is 185. The van der Waals surface area contributed by atoms with Crippen LogP contribution in [0.4, 0.5) is 0 Å². The van der Waals surface area contributed by atoms with Crippen molar-refractivity contribution in [1.82, 2.24) is 15.5 Å². The smallest absolute Gasteiger partial charge is 0.236 e. The van der Waals surface area contributed by atoms with E-state index in [1.54, 1.807) is 0 Å². The molecule has 2 N–H and O–H groups in total. The third kappa shape index (κ3) is 2.19. The van der Waals surface area contributed by atoms with Gasteiger partial charge >= 0.3 is 0 Å². The highest BCUT2D eigenvalue weighted by atomic mass is 16.2. The third-order valence-electron chi connectivity index (χ3n) is 2.78. The Morgan fingerprint density at radius 3 is 2.62 bits per heavy atom. The fourth-order valence-corrected chi connectivity index (χ4v) is 1.74. The Kier molecular flexibility index (Phi) is 2.80. The van der Waals surface area contributed by atoms with Gasteiger partial charge in [0.2, 0.25) is 5.91 Å². The highest BCUT2D eigenvalue weighted by molar-refractivity contribution is 5.78. The van der Waals surface area contributed by atoms with Crippen LogP contribution in [0.5, 0.6) is 0 Å². The number of nitrogens with one attached hydrogen (secondary N) is 2. The van der Waals surface area contributed by atoms with Crippen molar-refractivity contribution in [3.63, 3.8) is 0 Å². The van der Waals surface area contributed by atoms with E-state index in [0.29, 0.717) is 12.6 Å². The quantitative estimate of drug-likeness (QED) is 0.600. The van der Waals surface area contributed by atoms with Gasteiger partial charge in [-0.25, -0.2) is 0 Å². The zero-order chi connectivity index (χ0) is 9.10. The molecule has 2 aliphatic heterocycles. The Hall–Kier alpha value is -0.610. The molecule has 0 aromatic rings. The monoisotopic (exact) mass is 183 g/mol. The van der Waals surface area contributed by atoms with Gasteiger partial charge in [0, 0.05) is 32.2 Å². The van der Waals surface area contributed by atoms with E-state index in [4.69, 9.17) is 0 Å². The first-order valence-corrected chi connectivity index (χ1v) is 5.08. The maximum Gasteiger partial charge on any atom is 0.236 e. The van der Waals surface area contributed by atoms with Gasteiger partial charge in [-0.15, -0.1) is 0 Å². The summed E-state index contributed by atoms with van der Waals surface area (Å²) in [5.74, 6) is 0.268. The summed E-state index contributed by atoms with van der Waals surface area (Å²) < 4.78 is 0. The van der Waals surface area contributed by atoms with E-state index >= 15 is 0 Å². The fourth-order valence-electron chi connectivity index (χ4n) is 1.74. The van der Waals surface area contributed by atoms with E-state index < -0.39 is 0 Å². The van der Waals surface area contributed by atoms with Crippen LogP contribution in [-0.2, 0) is 4.79 Å². The van der Waals surface area contributed by atoms with Gasteiger partial charge in [0.15, 0.2) is 0 Å². The molecule has 2 saturated heterocycles. The van der Waals surface area contributed by atoms with Crippen molar-refractivity contribution in [2.75, 3.05) is 32.7 Å². The van der Waals surface area contributed by atoms with Crippen molar-refractivity contribution < 1.29 is 4.79 Å². The van der Waals surface area contributed by atoms with Crippen molar-refractivity contribution >= 4 is 5.91 Å². The Morgan fingerprint density at radius 1 is 1.38 bits per heavy atom. The van der Waals surface area contributed by atoms with Crippen molar-refractivity contribution in [2.45, 2.75) is 18.9 Å². The van der Waals surface area contributed by atoms with Gasteiger partial charge in [-0.1, -0.05) is 0 Å². The van der Waals surface area contributed by atoms with Gasteiger partial charge in [-0.2, -0.15) is 0 Å². The minimum Gasteiger partial charge on any atom is -0.342 e. The second-order valence-corrected chi connectivity index (χ2v) is 3.82. The zero-order valence-electron chi connectivity index (χ0n) is 7.88. The van der Waals surface area contributed by atoms with E-state index in [2.05, 4.69) is 10.6 Å². The molecule has 0 saturated carbocycles. The largest absolute Gasteiger partial charge is 0.342 e. The molecule has 4 heteroatoms. The highest BCUT2D eigenvalue weighted by Crippen LogP contribution is 2.06. The van der Waals surface area contributed by atoms with Crippen LogP contribution in [-0.4, -0.2) is 49.6 Å². The average molecular weight is 183 g/mol. The van der Waals surface area contributed by atoms with Gasteiger partial charge in [-0.05, 0) is 12.8 Å². The predicted molar refractivity (Wildman–Crippen MR) is 50.5 cm³/mol. The average Bonchev–Trinajstić information content (AvgIpc) is 2.52. The molecule has 0 unspecified atom stereocenters. The maximum absolute atomic E-state index is 11.5. The zero-order valence-corrected chi connectivity index (χ0v) is 7.88. The molecule has 4 nitrogen and oxygen atoms in total. The van der Waals surface area contributed by atoms with Crippen molar-refractivity contribution in [3.05, 3.63) is 0 Å². The van der Waals surface area contributed by atoms with Gasteiger partial charge in [0.25, 0.3) is 0 Å². The summed E-state index contributed by atoms with van der Waals surface area (Å²) in [5, 5.41) is 6.41. The number of carbonyl (C=O) groups excluding carboxylic acids is 1. The molecule has 0 atom stereocenters. The summed E-state index contributed by atoms with van der Waals surface area (Å²) in [6, 6.07) is 0.520. The topological polar surface area (TPSA) is 44.4 Å². The first-order valence-electron chi connectivity index (χ1n) is 5.08. The molecular formula is C9H17N3O. The summed E-state index contributed by atoms with van der Waals surface area (Å²) >= 11 is 0. The molecule has 74 valence electrons. The summed E-state index contributed by atoms with van der Waals surface area (Å²) in [6.45, 7) is 4.46. The minimum absolute atomic E-state index is 0.268. The lowest BCUT2D eigenvalue weighted by atomic mass is 10.2. The molecule has 0 bridgehead atoms. The second-order valence-electron chi connectivity index (χ2n) is 3.82. The molecule has 2 heterocycles. The number of hydrogen-bond donors (Lipinski definition) is 2. The number of carbonyl (C=O) groups is 1. The van der Waals surface area contributed by atoms with Crippen molar-refractivity contribution in [1.29, 1.82) is 0 Å². The number of amides is 1. The van der Waals surface area contributed by atoms with Gasteiger partial charge in [-0.3, -0.25) is 4.79 Å². The number of nitrogens with zero attached hydrogens (tertiary/aromatic N) is 1. The molecule has 0 aromatic heterocycles. The minimum atomic E-state index is 0.268. The molecule has 2 rings (SSSR count). The van der Waals surface area contributed by atoms with E-state index in [1.165, 1.54) is 12.8 Å². The third-order valence-corrected chi connectivity index (χ3v) is 2.78. The lowest BCUT2D eigenvalue weighted by molar-refractivity contribution is -0.129. The van der Waals surface area contributed by atoms with Crippen molar-refractivity contribution in [2.24, 2.45) is 0 Å². The number of likely N-dealkylation sites (tertiary alicyclic amines) is 1. The Morgan fingerprint density at radius 2 is 2.08 bits per heavy atom. The van der Waals surface area contributed by atoms with Crippen LogP contribution in [0, 0.1) is 0 Å². The van der Waals surface area contributed by atoms with Gasteiger partial charge in [0.05, 0.1) is 6.54 Å². The van der Waals surface area contributed by atoms with Gasteiger partial charge in [0.1, 0.15) is 0 Å². The standard InChI is InChI=1S/C9H17N3O/c13-9(12-3-1-2-4-12)7-11-8-5-10-6-8/h8,10-11H,1-7H2. The molecule has 0 radical (unpaired) electrons. The van der Waals surface area contributed by atoms with E-state index in [-0.39, 0.29) is 5.91 Å². The van der Waals surface area contributed by atoms with E-state index in [1.807, 2.05) is 4.90 Å². The molecule has 2 fully saturated rings. The lowest BCUT2D eigenvalue weighted by Gasteiger charge is -2.28. The Balaban J connectivity index is 1.65. The number of rotatable bonds is 3. The van der Waals surface area contributed by atoms with Gasteiger partial charge < -0.3 is 15.5 Å². The van der Waals surface area contributed by atoms with Crippen LogP contribution < -0.4 is 10.6 Å². The summed E-state index contributed by atoms with van der Waals surface area (Å²) in [4.78, 5) is 13.5. The first kappa shape index (κ1) is 8.97. The molecular weight excluding hydrogens is 166 g/mol. The molecule has 0 aromatic carbocycles. The fraction of sp³-hybridized carbons (Fsp3) is 0.889. The predicted octanol–water partition coefficient (Wildman–Crippen LogP) is -0.830. The summed E-state index contributed by atoms with van der Waals surface area (Å²) in [7, 11) is 0. The van der Waals surface area contributed by atoms with Crippen LogP contribution in [0.1, 0.15) is 12.8 Å². The summed E-state index contributed by atoms with van der Waals surface area (Å²) in [5.41, 5.74) is 0. The highest BCUT2D eigenvalue weighted by Gasteiger charge is 2.20. The van der Waals surface area contributed by atoms with E-state index in [9.17, 15) is 4.79 Å². The SMILES string of the molecule is O=C(CNC1CNC1)N1CCCC1. The van der Waals surface area contributed by atoms with Crippen LogP contribution in [0.3, 0.4) is 0 Å². The first-order chi connectivity index (χ1) is 6.36. The lowest BCUT2D eigenvalue weighted by Crippen LogP contribution is -2.57. The Labute approximate surface area is 78.7 Å². The van der Waals surface area contributed by atoms with Crippen LogP contribution in [0.2, 0.25) is 0 Å². The summed E-state index contributed by atoms with van der Waals surface area (Å²) in [6.07, 6.45) is 2.35. The normalized spacial score (nSPS) is 23.2. The maximum atomic E-state index is 11.5. The van der Waals surface area contributed by atoms with Crippen LogP contribution in [0.15, 0.2) is 0 Å². The van der Waals surface area contributed by atoms with E-state index in [0.717, 1.165) is 26.2 Å². The van der Waals surface area contributed by atoms with Crippen molar-refractivity contribution in [3.8, 4) is 0 Å². The van der Waals surface area contributed by atoms with Crippen LogP contribution in [0.25, 0.3) is 0 Å². The molecule has 0 spiro atoms. The number of hydrogen-bond acceptors (Lipinski definition) is 3. The molecule has 13 heavy (non-hydrogen) atoms.